The van der Waals surface area contributed by atoms with Crippen LogP contribution in [0.1, 0.15) is 143 Å². The van der Waals surface area contributed by atoms with E-state index in [0.29, 0.717) is 17.0 Å². The Labute approximate surface area is 200 Å². The lowest BCUT2D eigenvalue weighted by atomic mass is 9.90. The van der Waals surface area contributed by atoms with Gasteiger partial charge in [0.2, 0.25) is 0 Å². The number of hydrogen-bond donors (Lipinski definition) is 0. The molecule has 0 spiro atoms. The van der Waals surface area contributed by atoms with Gasteiger partial charge in [0.25, 0.3) is 0 Å². The molecule has 2 aliphatic rings. The lowest BCUT2D eigenvalue weighted by Crippen LogP contribution is -2.33. The van der Waals surface area contributed by atoms with Crippen LogP contribution in [0, 0.1) is 5.92 Å². The second kappa shape index (κ2) is 12.0. The maximum absolute atomic E-state index is 13.5. The first-order valence-electron chi connectivity index (χ1n) is 13.4. The van der Waals surface area contributed by atoms with Crippen LogP contribution >= 0.6 is 0 Å². The maximum atomic E-state index is 13.5. The summed E-state index contributed by atoms with van der Waals surface area (Å²) in [7, 11) is 0. The number of esters is 2. The molecule has 0 saturated heterocycles. The van der Waals surface area contributed by atoms with Crippen molar-refractivity contribution in [3.05, 3.63) is 34.9 Å². The van der Waals surface area contributed by atoms with Crippen LogP contribution in [0.4, 0.5) is 0 Å². The summed E-state index contributed by atoms with van der Waals surface area (Å²) in [6, 6.07) is 5.47. The molecule has 0 aromatic heterocycles. The Morgan fingerprint density at radius 2 is 1.67 bits per heavy atom. The Kier molecular flexibility index (Phi) is 9.40. The molecule has 1 aromatic carbocycles. The second-order valence-electron chi connectivity index (χ2n) is 10.9. The van der Waals surface area contributed by atoms with E-state index >= 15 is 0 Å². The number of benzene rings is 1. The summed E-state index contributed by atoms with van der Waals surface area (Å²) in [5.41, 5.74) is 1.48. The number of hydrogen-bond acceptors (Lipinski definition) is 4. The highest BCUT2D eigenvalue weighted by molar-refractivity contribution is 5.96. The van der Waals surface area contributed by atoms with Gasteiger partial charge in [0.1, 0.15) is 11.7 Å². The molecule has 33 heavy (non-hydrogen) atoms. The second-order valence-corrected chi connectivity index (χ2v) is 10.9. The van der Waals surface area contributed by atoms with Crippen molar-refractivity contribution in [2.45, 2.75) is 129 Å². The monoisotopic (exact) mass is 456 g/mol. The average molecular weight is 457 g/mol. The fraction of sp³-hybridized carbons (Fsp3) is 0.724. The Morgan fingerprint density at radius 3 is 2.36 bits per heavy atom. The molecule has 0 amide bonds. The van der Waals surface area contributed by atoms with Crippen molar-refractivity contribution in [3.63, 3.8) is 0 Å². The van der Waals surface area contributed by atoms with Gasteiger partial charge in [0.05, 0.1) is 11.1 Å². The first kappa shape index (κ1) is 25.8. The molecule has 3 atom stereocenters. The van der Waals surface area contributed by atoms with Gasteiger partial charge in [-0.15, -0.1) is 0 Å². The zero-order valence-electron chi connectivity index (χ0n) is 21.3. The van der Waals surface area contributed by atoms with E-state index in [-0.39, 0.29) is 24.0 Å². The average Bonchev–Trinajstić information content (AvgIpc) is 2.94. The standard InChI is InChI=1S/C29H44O4/c1-5-22(3)25-17-16-23(27(30)32-24-14-9-7-6-8-10-15-24)19-26(25)28(31)33-29(4)18-12-11-13-21(2)20-29/h16-17,19,21-22,24H,5-15,18,20H2,1-4H3. The minimum Gasteiger partial charge on any atom is -0.459 e. The zero-order chi connectivity index (χ0) is 23.8. The fourth-order valence-corrected chi connectivity index (χ4v) is 5.57. The van der Waals surface area contributed by atoms with Crippen LogP contribution in [0.2, 0.25) is 0 Å². The van der Waals surface area contributed by atoms with E-state index in [1.165, 1.54) is 32.1 Å². The van der Waals surface area contributed by atoms with Crippen molar-refractivity contribution in [2.24, 2.45) is 5.92 Å². The van der Waals surface area contributed by atoms with Gasteiger partial charge in [-0.1, -0.05) is 58.9 Å². The van der Waals surface area contributed by atoms with Gasteiger partial charge in [-0.2, -0.15) is 0 Å². The molecule has 0 N–H and O–H groups in total. The molecule has 0 heterocycles. The summed E-state index contributed by atoms with van der Waals surface area (Å²) in [4.78, 5) is 26.5. The smallest absolute Gasteiger partial charge is 0.338 e. The lowest BCUT2D eigenvalue weighted by molar-refractivity contribution is -0.0213. The van der Waals surface area contributed by atoms with E-state index in [9.17, 15) is 9.59 Å². The lowest BCUT2D eigenvalue weighted by Gasteiger charge is -2.30. The summed E-state index contributed by atoms with van der Waals surface area (Å²) in [6.45, 7) is 8.55. The summed E-state index contributed by atoms with van der Waals surface area (Å²) >= 11 is 0. The Morgan fingerprint density at radius 1 is 1.00 bits per heavy atom. The van der Waals surface area contributed by atoms with Crippen LogP contribution < -0.4 is 0 Å². The number of ether oxygens (including phenoxy) is 2. The van der Waals surface area contributed by atoms with Crippen LogP contribution in [-0.2, 0) is 9.47 Å². The van der Waals surface area contributed by atoms with Crippen LogP contribution in [0.15, 0.2) is 18.2 Å². The van der Waals surface area contributed by atoms with Gasteiger partial charge in [-0.05, 0) is 87.8 Å². The molecule has 3 unspecified atom stereocenters. The van der Waals surface area contributed by atoms with Gasteiger partial charge in [0, 0.05) is 0 Å². The Balaban J connectivity index is 1.80. The molecule has 1 aromatic rings. The molecule has 3 rings (SSSR count). The van der Waals surface area contributed by atoms with E-state index in [0.717, 1.165) is 56.9 Å². The highest BCUT2D eigenvalue weighted by atomic mass is 16.6. The normalized spacial score (nSPS) is 25.9. The van der Waals surface area contributed by atoms with Crippen molar-refractivity contribution in [3.8, 4) is 0 Å². The van der Waals surface area contributed by atoms with Crippen molar-refractivity contribution in [1.82, 2.24) is 0 Å². The fourth-order valence-electron chi connectivity index (χ4n) is 5.57. The molecule has 2 saturated carbocycles. The molecular weight excluding hydrogens is 412 g/mol. The molecule has 0 radical (unpaired) electrons. The minimum atomic E-state index is -0.449. The SMILES string of the molecule is CCC(C)c1ccc(C(=O)OC2CCCCCCC2)cc1C(=O)OC1(C)CCCCC(C)C1. The van der Waals surface area contributed by atoms with E-state index in [4.69, 9.17) is 9.47 Å². The molecule has 4 heteroatoms. The maximum Gasteiger partial charge on any atom is 0.338 e. The Hall–Kier alpha value is -1.84. The molecule has 2 fully saturated rings. The largest absolute Gasteiger partial charge is 0.459 e. The predicted octanol–water partition coefficient (Wildman–Crippen LogP) is 7.99. The van der Waals surface area contributed by atoms with Crippen LogP contribution in [-0.4, -0.2) is 23.6 Å². The summed E-state index contributed by atoms with van der Waals surface area (Å²) < 4.78 is 12.1. The highest BCUT2D eigenvalue weighted by Crippen LogP contribution is 2.35. The van der Waals surface area contributed by atoms with E-state index in [2.05, 4.69) is 27.7 Å². The molecule has 184 valence electrons. The molecular formula is C29H44O4. The third-order valence-corrected chi connectivity index (χ3v) is 7.75. The third-order valence-electron chi connectivity index (χ3n) is 7.75. The van der Waals surface area contributed by atoms with Gasteiger partial charge in [-0.3, -0.25) is 0 Å². The molecule has 0 aliphatic heterocycles. The van der Waals surface area contributed by atoms with Gasteiger partial charge >= 0.3 is 11.9 Å². The van der Waals surface area contributed by atoms with Gasteiger partial charge in [-0.25, -0.2) is 9.59 Å². The van der Waals surface area contributed by atoms with Crippen molar-refractivity contribution in [2.75, 3.05) is 0 Å². The van der Waals surface area contributed by atoms with Crippen molar-refractivity contribution >= 4 is 11.9 Å². The van der Waals surface area contributed by atoms with E-state index in [1.807, 2.05) is 12.1 Å². The van der Waals surface area contributed by atoms with Crippen LogP contribution in [0.25, 0.3) is 0 Å². The first-order valence-corrected chi connectivity index (χ1v) is 13.4. The topological polar surface area (TPSA) is 52.6 Å². The Bertz CT molecular complexity index is 793. The first-order chi connectivity index (χ1) is 15.8. The molecule has 2 aliphatic carbocycles. The molecule has 0 bridgehead atoms. The molecule has 4 nitrogen and oxygen atoms in total. The van der Waals surface area contributed by atoms with E-state index < -0.39 is 5.60 Å². The van der Waals surface area contributed by atoms with Crippen LogP contribution in [0.3, 0.4) is 0 Å². The number of rotatable bonds is 6. The minimum absolute atomic E-state index is 0.0196. The van der Waals surface area contributed by atoms with E-state index in [1.54, 1.807) is 6.07 Å². The van der Waals surface area contributed by atoms with Gasteiger partial charge < -0.3 is 9.47 Å². The predicted molar refractivity (Wildman–Crippen MR) is 133 cm³/mol. The summed E-state index contributed by atoms with van der Waals surface area (Å²) in [6.07, 6.45) is 13.9. The highest BCUT2D eigenvalue weighted by Gasteiger charge is 2.34. The summed E-state index contributed by atoms with van der Waals surface area (Å²) in [5, 5.41) is 0. The quantitative estimate of drug-likeness (QED) is 0.321. The van der Waals surface area contributed by atoms with Crippen LogP contribution in [0.5, 0.6) is 0 Å². The van der Waals surface area contributed by atoms with Gasteiger partial charge in [0.15, 0.2) is 0 Å². The third kappa shape index (κ3) is 7.32. The summed E-state index contributed by atoms with van der Waals surface area (Å²) in [5.74, 6) is 0.135. The zero-order valence-corrected chi connectivity index (χ0v) is 21.3. The number of carbonyl (C=O) groups excluding carboxylic acids is 2. The number of carbonyl (C=O) groups is 2. The van der Waals surface area contributed by atoms with Crippen molar-refractivity contribution < 1.29 is 19.1 Å². The van der Waals surface area contributed by atoms with Crippen molar-refractivity contribution in [1.29, 1.82) is 0 Å².